The molecule has 1 aromatic rings. The number of carbonyl (C=O) groups is 4. The standard InChI is InChI=1S/C24H40N4O6S/c1-13(2)17(11-18(34-15(5)29)20-25-16(12-35-20)22(31)32)28(10)21(30)19(14(3)4)26-23(33)24(6,7)27(8)9/h12-14,17-19H,11H2,1-10H3,(H,26,33)(H,31,32)/t17-,18-,19+/m1/s1. The predicted molar refractivity (Wildman–Crippen MR) is 134 cm³/mol. The summed E-state index contributed by atoms with van der Waals surface area (Å²) in [6.45, 7) is 12.5. The molecule has 2 N–H and O–H groups in total. The van der Waals surface area contributed by atoms with E-state index >= 15 is 0 Å². The molecule has 0 aliphatic heterocycles. The summed E-state index contributed by atoms with van der Waals surface area (Å²) in [4.78, 5) is 57.1. The summed E-state index contributed by atoms with van der Waals surface area (Å²) in [5.74, 6) is -2.40. The molecule has 1 aromatic heterocycles. The monoisotopic (exact) mass is 512 g/mol. The molecule has 0 aliphatic carbocycles. The van der Waals surface area contributed by atoms with Gasteiger partial charge in [0.1, 0.15) is 11.0 Å². The second-order valence-corrected chi connectivity index (χ2v) is 11.0. The quantitative estimate of drug-likeness (QED) is 0.409. The minimum Gasteiger partial charge on any atom is -0.476 e. The lowest BCUT2D eigenvalue weighted by Crippen LogP contribution is -2.59. The molecule has 0 aromatic carbocycles. The maximum Gasteiger partial charge on any atom is 0.355 e. The van der Waals surface area contributed by atoms with Crippen molar-refractivity contribution in [2.24, 2.45) is 11.8 Å². The van der Waals surface area contributed by atoms with Crippen LogP contribution in [-0.4, -0.2) is 82.4 Å². The molecular weight excluding hydrogens is 472 g/mol. The highest BCUT2D eigenvalue weighted by molar-refractivity contribution is 7.09. The molecule has 0 unspecified atom stereocenters. The Kier molecular flexibility index (Phi) is 10.8. The van der Waals surface area contributed by atoms with Gasteiger partial charge >= 0.3 is 11.9 Å². The summed E-state index contributed by atoms with van der Waals surface area (Å²) in [5.41, 5.74) is -0.935. The molecule has 0 saturated carbocycles. The molecule has 0 radical (unpaired) electrons. The van der Waals surface area contributed by atoms with Crippen LogP contribution >= 0.6 is 11.3 Å². The molecule has 0 fully saturated rings. The Hall–Kier alpha value is -2.53. The smallest absolute Gasteiger partial charge is 0.355 e. The predicted octanol–water partition coefficient (Wildman–Crippen LogP) is 2.80. The number of ether oxygens (including phenoxy) is 1. The number of aromatic nitrogens is 1. The van der Waals surface area contributed by atoms with Gasteiger partial charge in [0.25, 0.3) is 0 Å². The van der Waals surface area contributed by atoms with Crippen molar-refractivity contribution < 1.29 is 29.0 Å². The Morgan fingerprint density at radius 3 is 2.09 bits per heavy atom. The first-order chi connectivity index (χ1) is 16.0. The second kappa shape index (κ2) is 12.4. The lowest BCUT2D eigenvalue weighted by molar-refractivity contribution is -0.149. The van der Waals surface area contributed by atoms with E-state index in [2.05, 4.69) is 10.3 Å². The number of carboxylic acid groups (broad SMARTS) is 1. The zero-order valence-corrected chi connectivity index (χ0v) is 23.2. The summed E-state index contributed by atoms with van der Waals surface area (Å²) >= 11 is 1.09. The van der Waals surface area contributed by atoms with Gasteiger partial charge in [0, 0.05) is 31.8 Å². The van der Waals surface area contributed by atoms with Crippen LogP contribution < -0.4 is 5.32 Å². The minimum atomic E-state index is -1.17. The van der Waals surface area contributed by atoms with Gasteiger partial charge in [-0.15, -0.1) is 11.3 Å². The Bertz CT molecular complexity index is 912. The fraction of sp³-hybridized carbons (Fsp3) is 0.708. The molecule has 11 heteroatoms. The van der Waals surface area contributed by atoms with Crippen LogP contribution in [0.15, 0.2) is 5.38 Å². The van der Waals surface area contributed by atoms with E-state index in [0.717, 1.165) is 11.3 Å². The molecule has 0 bridgehead atoms. The van der Waals surface area contributed by atoms with Crippen LogP contribution in [0.4, 0.5) is 0 Å². The van der Waals surface area contributed by atoms with Crippen LogP contribution in [0.2, 0.25) is 0 Å². The van der Waals surface area contributed by atoms with Gasteiger partial charge in [0.2, 0.25) is 11.8 Å². The van der Waals surface area contributed by atoms with Crippen LogP contribution in [-0.2, 0) is 19.1 Å². The van der Waals surface area contributed by atoms with Crippen molar-refractivity contribution in [2.75, 3.05) is 21.1 Å². The van der Waals surface area contributed by atoms with Crippen molar-refractivity contribution in [3.05, 3.63) is 16.1 Å². The number of carboxylic acids is 1. The highest BCUT2D eigenvalue weighted by Crippen LogP contribution is 2.30. The number of nitrogens with one attached hydrogen (secondary N) is 1. The normalized spacial score (nSPS) is 14.5. The maximum atomic E-state index is 13.6. The summed E-state index contributed by atoms with van der Waals surface area (Å²) < 4.78 is 5.49. The molecule has 1 heterocycles. The maximum absolute atomic E-state index is 13.6. The second-order valence-electron chi connectivity index (χ2n) is 10.1. The molecule has 0 saturated heterocycles. The number of hydrogen-bond acceptors (Lipinski definition) is 8. The van der Waals surface area contributed by atoms with Crippen molar-refractivity contribution in [3.8, 4) is 0 Å². The number of likely N-dealkylation sites (N-methyl/N-ethyl adjacent to an activating group) is 2. The first-order valence-electron chi connectivity index (χ1n) is 11.6. The van der Waals surface area contributed by atoms with Gasteiger partial charge in [-0.1, -0.05) is 27.7 Å². The van der Waals surface area contributed by atoms with Gasteiger partial charge in [-0.05, 0) is 39.8 Å². The van der Waals surface area contributed by atoms with Crippen molar-refractivity contribution >= 4 is 35.1 Å². The molecule has 198 valence electrons. The Morgan fingerprint density at radius 1 is 1.11 bits per heavy atom. The lowest BCUT2D eigenvalue weighted by atomic mass is 9.93. The molecule has 0 aliphatic rings. The molecule has 35 heavy (non-hydrogen) atoms. The van der Waals surface area contributed by atoms with E-state index in [4.69, 9.17) is 4.74 Å². The number of hydrogen-bond donors (Lipinski definition) is 2. The largest absolute Gasteiger partial charge is 0.476 e. The molecular formula is C24H40N4O6S. The van der Waals surface area contributed by atoms with Gasteiger partial charge in [-0.2, -0.15) is 0 Å². The number of aromatic carboxylic acids is 1. The van der Waals surface area contributed by atoms with Crippen molar-refractivity contribution in [1.29, 1.82) is 0 Å². The Morgan fingerprint density at radius 2 is 1.69 bits per heavy atom. The molecule has 0 spiro atoms. The van der Waals surface area contributed by atoms with E-state index in [1.165, 1.54) is 12.3 Å². The Labute approximate surface area is 212 Å². The van der Waals surface area contributed by atoms with Gasteiger partial charge in [-0.3, -0.25) is 19.3 Å². The van der Waals surface area contributed by atoms with E-state index in [9.17, 15) is 24.3 Å². The van der Waals surface area contributed by atoms with Crippen LogP contribution in [0.5, 0.6) is 0 Å². The number of rotatable bonds is 12. The third-order valence-electron chi connectivity index (χ3n) is 6.29. The average Bonchev–Trinajstić information content (AvgIpc) is 3.23. The third kappa shape index (κ3) is 7.99. The summed E-state index contributed by atoms with van der Waals surface area (Å²) in [7, 11) is 5.27. The highest BCUT2D eigenvalue weighted by atomic mass is 32.1. The van der Waals surface area contributed by atoms with Crippen molar-refractivity contribution in [2.45, 2.75) is 78.6 Å². The zero-order valence-electron chi connectivity index (χ0n) is 22.4. The Balaban J connectivity index is 3.22. The van der Waals surface area contributed by atoms with E-state index in [0.29, 0.717) is 5.01 Å². The van der Waals surface area contributed by atoms with E-state index in [1.54, 1.807) is 44.8 Å². The number of thiazole rings is 1. The van der Waals surface area contributed by atoms with Gasteiger partial charge in [-0.25, -0.2) is 9.78 Å². The minimum absolute atomic E-state index is 0.0253. The molecule has 2 amide bonds. The zero-order chi connectivity index (χ0) is 27.2. The third-order valence-corrected chi connectivity index (χ3v) is 7.22. The highest BCUT2D eigenvalue weighted by Gasteiger charge is 2.38. The van der Waals surface area contributed by atoms with E-state index in [1.807, 2.05) is 27.7 Å². The van der Waals surface area contributed by atoms with E-state index in [-0.39, 0.29) is 41.8 Å². The van der Waals surface area contributed by atoms with Crippen molar-refractivity contribution in [1.82, 2.24) is 20.1 Å². The first kappa shape index (κ1) is 30.5. The lowest BCUT2D eigenvalue weighted by Gasteiger charge is -2.38. The first-order valence-corrected chi connectivity index (χ1v) is 12.5. The molecule has 1 rings (SSSR count). The summed E-state index contributed by atoms with van der Waals surface area (Å²) in [5, 5.41) is 13.9. The fourth-order valence-electron chi connectivity index (χ4n) is 3.45. The van der Waals surface area contributed by atoms with Crippen LogP contribution in [0.1, 0.15) is 76.5 Å². The molecule has 10 nitrogen and oxygen atoms in total. The van der Waals surface area contributed by atoms with Crippen LogP contribution in [0, 0.1) is 11.8 Å². The number of amides is 2. The van der Waals surface area contributed by atoms with Gasteiger partial charge in [0.15, 0.2) is 11.8 Å². The summed E-state index contributed by atoms with van der Waals surface area (Å²) in [6, 6.07) is -1.12. The molecule has 3 atom stereocenters. The topological polar surface area (TPSA) is 129 Å². The number of nitrogens with zero attached hydrogens (tertiary/aromatic N) is 3. The number of carbonyl (C=O) groups excluding carboxylic acids is 3. The van der Waals surface area contributed by atoms with Crippen LogP contribution in [0.25, 0.3) is 0 Å². The summed E-state index contributed by atoms with van der Waals surface area (Å²) in [6.07, 6.45) is -0.582. The van der Waals surface area contributed by atoms with Crippen molar-refractivity contribution in [3.63, 3.8) is 0 Å². The SMILES string of the molecule is CC(=O)O[C@H](C[C@H](C(C)C)N(C)C(=O)[C@@H](NC(=O)C(C)(C)N(C)C)C(C)C)c1nc(C(=O)O)cs1. The van der Waals surface area contributed by atoms with Gasteiger partial charge < -0.3 is 20.1 Å². The van der Waals surface area contributed by atoms with E-state index < -0.39 is 29.6 Å². The van der Waals surface area contributed by atoms with Crippen LogP contribution in [0.3, 0.4) is 0 Å². The fourth-order valence-corrected chi connectivity index (χ4v) is 4.28. The van der Waals surface area contributed by atoms with Gasteiger partial charge in [0.05, 0.1) is 5.54 Å². The number of esters is 1. The average molecular weight is 513 g/mol.